The lowest BCUT2D eigenvalue weighted by molar-refractivity contribution is 0.0628. The molecule has 3 aromatic carbocycles. The Morgan fingerprint density at radius 3 is 2.39 bits per heavy atom. The third-order valence-electron chi connectivity index (χ3n) is 5.35. The third kappa shape index (κ3) is 6.10. The molecule has 1 amide bonds. The maximum Gasteiger partial charge on any atom is 0.253 e. The number of hydrogen-bond donors (Lipinski definition) is 0. The highest BCUT2D eigenvalue weighted by molar-refractivity contribution is 9.10. The van der Waals surface area contributed by atoms with Gasteiger partial charge in [0.2, 0.25) is 0 Å². The van der Waals surface area contributed by atoms with Gasteiger partial charge in [-0.15, -0.1) is 0 Å². The van der Waals surface area contributed by atoms with Crippen molar-refractivity contribution in [3.63, 3.8) is 0 Å². The maximum absolute atomic E-state index is 13.0. The second kappa shape index (κ2) is 10.3. The highest BCUT2D eigenvalue weighted by Gasteiger charge is 2.22. The van der Waals surface area contributed by atoms with Crippen LogP contribution in [0.3, 0.4) is 0 Å². The zero-order valence-electron chi connectivity index (χ0n) is 17.1. The molecule has 0 N–H and O–H groups in total. The van der Waals surface area contributed by atoms with Gasteiger partial charge in [-0.05, 0) is 53.6 Å². The van der Waals surface area contributed by atoms with Gasteiger partial charge in [0.1, 0.15) is 12.4 Å². The predicted octanol–water partition coefficient (Wildman–Crippen LogP) is 5.64. The molecule has 0 radical (unpaired) electrons. The number of hydrogen-bond acceptors (Lipinski definition) is 3. The number of benzene rings is 3. The summed E-state index contributed by atoms with van der Waals surface area (Å²) in [6.07, 6.45) is 0. The average molecular weight is 500 g/mol. The lowest BCUT2D eigenvalue weighted by Gasteiger charge is -2.34. The van der Waals surface area contributed by atoms with Gasteiger partial charge in [-0.2, -0.15) is 0 Å². The molecular weight excluding hydrogens is 476 g/mol. The van der Waals surface area contributed by atoms with Crippen LogP contribution >= 0.6 is 27.5 Å². The van der Waals surface area contributed by atoms with E-state index in [-0.39, 0.29) is 5.91 Å². The van der Waals surface area contributed by atoms with E-state index in [1.807, 2.05) is 65.6 Å². The van der Waals surface area contributed by atoms with Crippen molar-refractivity contribution < 1.29 is 9.53 Å². The number of nitrogens with zero attached hydrogens (tertiary/aromatic N) is 2. The van der Waals surface area contributed by atoms with E-state index in [9.17, 15) is 4.79 Å². The van der Waals surface area contributed by atoms with Gasteiger partial charge < -0.3 is 9.64 Å². The molecule has 1 aliphatic rings. The number of carbonyl (C=O) groups excluding carboxylic acids is 1. The van der Waals surface area contributed by atoms with Gasteiger partial charge in [0.25, 0.3) is 5.91 Å². The summed E-state index contributed by atoms with van der Waals surface area (Å²) in [4.78, 5) is 17.3. The fourth-order valence-electron chi connectivity index (χ4n) is 3.66. The summed E-state index contributed by atoms with van der Waals surface area (Å²) in [5, 5.41) is 0.753. The Hall–Kier alpha value is -2.34. The molecule has 4 rings (SSSR count). The summed E-state index contributed by atoms with van der Waals surface area (Å²) in [6, 6.07) is 23.4. The van der Waals surface area contributed by atoms with Gasteiger partial charge in [0.15, 0.2) is 0 Å². The zero-order chi connectivity index (χ0) is 21.6. The highest BCUT2D eigenvalue weighted by atomic mass is 79.9. The molecule has 6 heteroatoms. The molecule has 1 fully saturated rings. The largest absolute Gasteiger partial charge is 0.489 e. The Kier molecular flexibility index (Phi) is 7.28. The smallest absolute Gasteiger partial charge is 0.253 e. The second-order valence-corrected chi connectivity index (χ2v) is 8.99. The minimum Gasteiger partial charge on any atom is -0.489 e. The zero-order valence-corrected chi connectivity index (χ0v) is 19.5. The lowest BCUT2D eigenvalue weighted by atomic mass is 10.1. The van der Waals surface area contributed by atoms with E-state index >= 15 is 0 Å². The first-order valence-corrected chi connectivity index (χ1v) is 11.5. The summed E-state index contributed by atoms with van der Waals surface area (Å²) in [6.45, 7) is 4.48. The van der Waals surface area contributed by atoms with Crippen molar-refractivity contribution in [2.75, 3.05) is 26.2 Å². The second-order valence-electron chi connectivity index (χ2n) is 7.64. The molecule has 0 aliphatic carbocycles. The highest BCUT2D eigenvalue weighted by Crippen LogP contribution is 2.20. The molecule has 0 spiro atoms. The Labute approximate surface area is 196 Å². The van der Waals surface area contributed by atoms with E-state index in [0.29, 0.717) is 12.2 Å². The van der Waals surface area contributed by atoms with E-state index in [0.717, 1.165) is 53.5 Å². The van der Waals surface area contributed by atoms with Crippen molar-refractivity contribution in [1.29, 1.82) is 0 Å². The maximum atomic E-state index is 13.0. The molecule has 0 aromatic heterocycles. The van der Waals surface area contributed by atoms with Gasteiger partial charge >= 0.3 is 0 Å². The molecule has 0 unspecified atom stereocenters. The van der Waals surface area contributed by atoms with E-state index in [4.69, 9.17) is 16.3 Å². The van der Waals surface area contributed by atoms with Crippen LogP contribution in [-0.2, 0) is 13.2 Å². The molecule has 0 atom stereocenters. The predicted molar refractivity (Wildman–Crippen MR) is 128 cm³/mol. The van der Waals surface area contributed by atoms with Crippen molar-refractivity contribution in [3.8, 4) is 5.75 Å². The Bertz CT molecular complexity index is 1030. The number of amides is 1. The van der Waals surface area contributed by atoms with E-state index in [2.05, 4.69) is 33.0 Å². The topological polar surface area (TPSA) is 32.8 Å². The molecular formula is C25H24BrClN2O2. The minimum absolute atomic E-state index is 0.0791. The van der Waals surface area contributed by atoms with Crippen molar-refractivity contribution >= 4 is 33.4 Å². The molecule has 0 bridgehead atoms. The van der Waals surface area contributed by atoms with Crippen LogP contribution < -0.4 is 4.74 Å². The van der Waals surface area contributed by atoms with Crippen LogP contribution in [0.4, 0.5) is 0 Å². The fraction of sp³-hybridized carbons (Fsp3) is 0.240. The summed E-state index contributed by atoms with van der Waals surface area (Å²) in [7, 11) is 0. The Morgan fingerprint density at radius 2 is 1.65 bits per heavy atom. The molecule has 3 aromatic rings. The summed E-state index contributed by atoms with van der Waals surface area (Å²) < 4.78 is 6.84. The van der Waals surface area contributed by atoms with E-state index in [1.165, 1.54) is 5.56 Å². The van der Waals surface area contributed by atoms with E-state index < -0.39 is 0 Å². The van der Waals surface area contributed by atoms with Crippen LogP contribution in [0.15, 0.2) is 77.3 Å². The minimum atomic E-state index is 0.0791. The van der Waals surface area contributed by atoms with Gasteiger partial charge in [-0.25, -0.2) is 0 Å². The van der Waals surface area contributed by atoms with Gasteiger partial charge in [-0.1, -0.05) is 57.9 Å². The van der Waals surface area contributed by atoms with Crippen LogP contribution in [0.25, 0.3) is 0 Å². The van der Waals surface area contributed by atoms with Crippen molar-refractivity contribution in [1.82, 2.24) is 9.80 Å². The van der Waals surface area contributed by atoms with Crippen LogP contribution in [0, 0.1) is 0 Å². The molecule has 31 heavy (non-hydrogen) atoms. The van der Waals surface area contributed by atoms with Crippen LogP contribution in [0.5, 0.6) is 5.75 Å². The number of ether oxygens (including phenoxy) is 1. The van der Waals surface area contributed by atoms with E-state index in [1.54, 1.807) is 0 Å². The molecule has 160 valence electrons. The first kappa shape index (κ1) is 21.9. The third-order valence-corrected chi connectivity index (χ3v) is 6.10. The summed E-state index contributed by atoms with van der Waals surface area (Å²) >= 11 is 9.42. The van der Waals surface area contributed by atoms with Crippen LogP contribution in [0.1, 0.15) is 21.5 Å². The Morgan fingerprint density at radius 1 is 0.903 bits per heavy atom. The van der Waals surface area contributed by atoms with Crippen molar-refractivity contribution in [3.05, 3.63) is 99.0 Å². The first-order chi connectivity index (χ1) is 15.1. The standard InChI is InChI=1S/C25H24BrClN2O2/c26-22-5-2-6-24(16-22)31-18-20-3-1-4-21(15-20)25(30)29-13-11-28(12-14-29)17-19-7-9-23(27)10-8-19/h1-10,15-16H,11-14,17-18H2. The van der Waals surface area contributed by atoms with Crippen LogP contribution in [-0.4, -0.2) is 41.9 Å². The van der Waals surface area contributed by atoms with Crippen molar-refractivity contribution in [2.45, 2.75) is 13.2 Å². The SMILES string of the molecule is O=C(c1cccc(COc2cccc(Br)c2)c1)N1CCN(Cc2ccc(Cl)cc2)CC1. The molecule has 0 saturated carbocycles. The fourth-order valence-corrected chi connectivity index (χ4v) is 4.16. The molecule has 1 heterocycles. The monoisotopic (exact) mass is 498 g/mol. The van der Waals surface area contributed by atoms with Crippen LogP contribution in [0.2, 0.25) is 5.02 Å². The quantitative estimate of drug-likeness (QED) is 0.440. The molecule has 1 aliphatic heterocycles. The number of piperazine rings is 1. The molecule has 4 nitrogen and oxygen atoms in total. The van der Waals surface area contributed by atoms with Crippen molar-refractivity contribution in [2.24, 2.45) is 0 Å². The first-order valence-electron chi connectivity index (χ1n) is 10.3. The van der Waals surface area contributed by atoms with Gasteiger partial charge in [0, 0.05) is 47.8 Å². The van der Waals surface area contributed by atoms with Gasteiger partial charge in [0.05, 0.1) is 0 Å². The number of carbonyl (C=O) groups is 1. The normalized spacial score (nSPS) is 14.5. The Balaban J connectivity index is 1.31. The number of halogens is 2. The summed E-state index contributed by atoms with van der Waals surface area (Å²) in [5.41, 5.74) is 2.93. The summed E-state index contributed by atoms with van der Waals surface area (Å²) in [5.74, 6) is 0.873. The number of rotatable bonds is 6. The molecule has 1 saturated heterocycles. The average Bonchev–Trinajstić information content (AvgIpc) is 2.79. The van der Waals surface area contributed by atoms with Gasteiger partial charge in [-0.3, -0.25) is 9.69 Å². The lowest BCUT2D eigenvalue weighted by Crippen LogP contribution is -2.48.